The first-order valence-electron chi connectivity index (χ1n) is 4.26. The van der Waals surface area contributed by atoms with Crippen molar-refractivity contribution in [3.63, 3.8) is 0 Å². The Morgan fingerprint density at radius 2 is 2.00 bits per heavy atom. The lowest BCUT2D eigenvalue weighted by Crippen LogP contribution is -2.48. The minimum absolute atomic E-state index is 0.0169. The van der Waals surface area contributed by atoms with Crippen molar-refractivity contribution in [2.45, 2.75) is 31.1 Å². The van der Waals surface area contributed by atoms with Gasteiger partial charge < -0.3 is 4.90 Å². The topological polar surface area (TPSA) is 23.6 Å². The Morgan fingerprint density at radius 1 is 1.36 bits per heavy atom. The summed E-state index contributed by atoms with van der Waals surface area (Å²) in [6.07, 6.45) is -3.97. The Morgan fingerprint density at radius 3 is 2.57 bits per heavy atom. The number of fused-ring (bicyclic) bond motifs is 2. The second-order valence-corrected chi connectivity index (χ2v) is 4.00. The fourth-order valence-electron chi connectivity index (χ4n) is 1.99. The molecule has 2 atom stereocenters. The summed E-state index contributed by atoms with van der Waals surface area (Å²) in [5.41, 5.74) is 0. The second-order valence-electron chi connectivity index (χ2n) is 3.57. The Balaban J connectivity index is 2.22. The number of nitrogens with zero attached hydrogens (tertiary/aromatic N) is 2. The van der Waals surface area contributed by atoms with Gasteiger partial charge in [-0.15, -0.1) is 0 Å². The Hall–Kier alpha value is -0.590. The molecule has 0 aromatic rings. The maximum atomic E-state index is 12.5. The minimum atomic E-state index is -4.32. The average molecular weight is 226 g/mol. The van der Waals surface area contributed by atoms with Crippen LogP contribution in [-0.2, 0) is 0 Å². The number of piperidine rings is 1. The van der Waals surface area contributed by atoms with Crippen LogP contribution in [-0.4, -0.2) is 40.0 Å². The summed E-state index contributed by atoms with van der Waals surface area (Å²) in [6, 6.07) is -2.41. The van der Waals surface area contributed by atoms with Crippen LogP contribution in [0, 0.1) is 0 Å². The summed E-state index contributed by atoms with van der Waals surface area (Å²) in [4.78, 5) is 12.2. The highest BCUT2D eigenvalue weighted by atomic mass is 32.1. The van der Waals surface area contributed by atoms with Crippen molar-refractivity contribution in [2.24, 2.45) is 0 Å². The third kappa shape index (κ3) is 1.34. The molecule has 2 bridgehead atoms. The number of hydrogen-bond donors (Lipinski definition) is 1. The van der Waals surface area contributed by atoms with E-state index in [1.54, 1.807) is 0 Å². The van der Waals surface area contributed by atoms with Crippen molar-refractivity contribution in [3.8, 4) is 0 Å². The zero-order valence-corrected chi connectivity index (χ0v) is 8.05. The summed E-state index contributed by atoms with van der Waals surface area (Å²) < 4.78 is 38.5. The molecule has 14 heavy (non-hydrogen) atoms. The van der Waals surface area contributed by atoms with Crippen LogP contribution in [0.5, 0.6) is 0 Å². The van der Waals surface area contributed by atoms with Crippen molar-refractivity contribution in [1.82, 2.24) is 9.21 Å². The quantitative estimate of drug-likeness (QED) is 0.624. The molecule has 2 rings (SSSR count). The highest BCUT2D eigenvalue weighted by Gasteiger charge is 2.53. The molecule has 3 nitrogen and oxygen atoms in total. The summed E-state index contributed by atoms with van der Waals surface area (Å²) in [5.74, 6) is 0. The summed E-state index contributed by atoms with van der Waals surface area (Å²) >= 11 is 3.87. The number of thiol groups is 1. The fourth-order valence-corrected chi connectivity index (χ4v) is 2.29. The Bertz CT molecular complexity index is 270. The molecule has 2 aliphatic heterocycles. The van der Waals surface area contributed by atoms with Gasteiger partial charge in [-0.1, -0.05) is 12.8 Å². The molecule has 0 radical (unpaired) electrons. The van der Waals surface area contributed by atoms with Gasteiger partial charge in [0.05, 0.1) is 6.04 Å². The molecule has 0 saturated carbocycles. The van der Waals surface area contributed by atoms with Gasteiger partial charge in [-0.3, -0.25) is 4.31 Å². The van der Waals surface area contributed by atoms with Gasteiger partial charge in [-0.25, -0.2) is 4.79 Å². The molecule has 2 aliphatic rings. The largest absolute Gasteiger partial charge is 0.408 e. The van der Waals surface area contributed by atoms with E-state index >= 15 is 0 Å². The van der Waals surface area contributed by atoms with Crippen LogP contribution in [0.2, 0.25) is 0 Å². The molecular formula is C7H9F3N2OS. The smallest absolute Gasteiger partial charge is 0.310 e. The first-order valence-corrected chi connectivity index (χ1v) is 4.66. The van der Waals surface area contributed by atoms with Crippen molar-refractivity contribution in [2.75, 3.05) is 6.54 Å². The van der Waals surface area contributed by atoms with Crippen molar-refractivity contribution in [1.29, 1.82) is 0 Å². The van der Waals surface area contributed by atoms with Gasteiger partial charge in [0, 0.05) is 6.54 Å². The van der Waals surface area contributed by atoms with E-state index in [1.807, 2.05) is 0 Å². The van der Waals surface area contributed by atoms with Crippen molar-refractivity contribution >= 4 is 18.8 Å². The van der Waals surface area contributed by atoms with Crippen LogP contribution in [0.3, 0.4) is 0 Å². The second kappa shape index (κ2) is 2.95. The lowest BCUT2D eigenvalue weighted by Gasteiger charge is -2.31. The molecule has 0 aromatic heterocycles. The highest BCUT2D eigenvalue weighted by molar-refractivity contribution is 7.78. The molecule has 2 saturated heterocycles. The van der Waals surface area contributed by atoms with E-state index in [9.17, 15) is 18.0 Å². The predicted octanol–water partition coefficient (Wildman–Crippen LogP) is 1.66. The lowest BCUT2D eigenvalue weighted by molar-refractivity contribution is -0.179. The summed E-state index contributed by atoms with van der Waals surface area (Å²) in [6.45, 7) is 0.145. The maximum Gasteiger partial charge on any atom is 0.408 e. The van der Waals surface area contributed by atoms with Gasteiger partial charge in [0.15, 0.2) is 0 Å². The minimum Gasteiger partial charge on any atom is -0.310 e. The zero-order chi connectivity index (χ0) is 10.5. The highest BCUT2D eigenvalue weighted by Crippen LogP contribution is 2.38. The summed E-state index contributed by atoms with van der Waals surface area (Å²) in [7, 11) is 0. The fraction of sp³-hybridized carbons (Fsp3) is 0.857. The average Bonchev–Trinajstić information content (AvgIpc) is 2.30. The van der Waals surface area contributed by atoms with Crippen LogP contribution in [0.4, 0.5) is 18.0 Å². The van der Waals surface area contributed by atoms with Crippen molar-refractivity contribution in [3.05, 3.63) is 0 Å². The molecule has 0 aromatic carbocycles. The number of halogens is 3. The van der Waals surface area contributed by atoms with Gasteiger partial charge in [-0.05, 0) is 12.8 Å². The molecular weight excluding hydrogens is 217 g/mol. The Labute approximate surface area is 84.4 Å². The van der Waals surface area contributed by atoms with E-state index in [4.69, 9.17) is 0 Å². The molecule has 2 heterocycles. The molecule has 7 heteroatoms. The van der Waals surface area contributed by atoms with E-state index in [1.165, 1.54) is 0 Å². The van der Waals surface area contributed by atoms with Crippen LogP contribution in [0.1, 0.15) is 12.8 Å². The van der Waals surface area contributed by atoms with E-state index in [2.05, 4.69) is 12.8 Å². The normalized spacial score (nSPS) is 32.7. The first kappa shape index (κ1) is 9.95. The molecule has 2 amide bonds. The molecule has 0 spiro atoms. The van der Waals surface area contributed by atoms with Crippen LogP contribution in [0.25, 0.3) is 0 Å². The summed E-state index contributed by atoms with van der Waals surface area (Å²) in [5, 5.41) is 0. The van der Waals surface area contributed by atoms with Crippen LogP contribution < -0.4 is 0 Å². The van der Waals surface area contributed by atoms with Gasteiger partial charge >= 0.3 is 12.2 Å². The molecule has 0 aliphatic carbocycles. The number of amides is 2. The number of carbonyl (C=O) groups is 1. The van der Waals surface area contributed by atoms with Gasteiger partial charge in [-0.2, -0.15) is 13.2 Å². The number of alkyl halides is 3. The molecule has 0 N–H and O–H groups in total. The monoisotopic (exact) mass is 226 g/mol. The number of carbonyl (C=O) groups excluding carboxylic acids is 1. The standard InChI is InChI=1S/C7H9F3N2OS/c8-7(9,10)5-2-1-4-3-11(5)6(13)12(4)14/h4-5,14H,1-3H2/t4-,5+/m1/s1. The van der Waals surface area contributed by atoms with E-state index in [0.29, 0.717) is 6.42 Å². The zero-order valence-electron chi connectivity index (χ0n) is 7.16. The van der Waals surface area contributed by atoms with Gasteiger partial charge in [0.25, 0.3) is 0 Å². The third-order valence-corrected chi connectivity index (χ3v) is 3.22. The van der Waals surface area contributed by atoms with Crippen molar-refractivity contribution < 1.29 is 18.0 Å². The molecule has 0 unspecified atom stereocenters. The van der Waals surface area contributed by atoms with Gasteiger partial charge in [0.2, 0.25) is 0 Å². The molecule has 80 valence electrons. The maximum absolute atomic E-state index is 12.5. The van der Waals surface area contributed by atoms with E-state index in [0.717, 1.165) is 9.21 Å². The van der Waals surface area contributed by atoms with E-state index in [-0.39, 0.29) is 19.0 Å². The number of hydrogen-bond acceptors (Lipinski definition) is 2. The Kier molecular flexibility index (Phi) is 2.09. The SMILES string of the molecule is O=C1N(S)[C@@H]2CC[C@@H](C(F)(F)F)N1C2. The van der Waals surface area contributed by atoms with E-state index < -0.39 is 18.2 Å². The van der Waals surface area contributed by atoms with Crippen LogP contribution >= 0.6 is 12.8 Å². The number of rotatable bonds is 0. The lowest BCUT2D eigenvalue weighted by atomic mass is 10.0. The number of urea groups is 1. The first-order chi connectivity index (χ1) is 6.41. The van der Waals surface area contributed by atoms with Gasteiger partial charge in [0.1, 0.15) is 6.04 Å². The molecule has 2 fully saturated rings. The predicted molar refractivity (Wildman–Crippen MR) is 45.8 cm³/mol. The third-order valence-electron chi connectivity index (χ3n) is 2.72. The van der Waals surface area contributed by atoms with Crippen LogP contribution in [0.15, 0.2) is 0 Å².